The molecule has 0 amide bonds. The van der Waals surface area contributed by atoms with Gasteiger partial charge in [0, 0.05) is 30.8 Å². The number of nitrogens with zero attached hydrogens (tertiary/aromatic N) is 3. The molecule has 1 saturated heterocycles. The first-order valence-electron chi connectivity index (χ1n) is 8.11. The Labute approximate surface area is 139 Å². The van der Waals surface area contributed by atoms with Crippen molar-refractivity contribution in [3.05, 3.63) is 40.6 Å². The number of H-pyrrole nitrogens is 1. The minimum absolute atomic E-state index is 0.0963. The number of hydrogen-bond acceptors (Lipinski definition) is 5. The van der Waals surface area contributed by atoms with Crippen molar-refractivity contribution in [1.82, 2.24) is 19.7 Å². The standard InChI is InChI=1S/C16H22N4O2S/c1-2-3-9-20-15(21)18-19-16(20)23-13-6-10-22-14(11-13)12-4-7-17-8-5-12/h4-5,7-8,13-14H,2-3,6,9-11H2,1H3,(H,18,21)/t13-,14-/m0/s1. The number of ether oxygens (including phenoxy) is 1. The number of pyridine rings is 1. The fourth-order valence-electron chi connectivity index (χ4n) is 2.74. The maximum atomic E-state index is 11.9. The van der Waals surface area contributed by atoms with E-state index >= 15 is 0 Å². The zero-order valence-electron chi connectivity index (χ0n) is 13.3. The predicted molar refractivity (Wildman–Crippen MR) is 89.6 cm³/mol. The van der Waals surface area contributed by atoms with Gasteiger partial charge in [0.05, 0.1) is 6.10 Å². The van der Waals surface area contributed by atoms with Crippen LogP contribution in [0, 0.1) is 0 Å². The number of thioether (sulfide) groups is 1. The average Bonchev–Trinajstić information content (AvgIpc) is 2.94. The van der Waals surface area contributed by atoms with Gasteiger partial charge in [0.25, 0.3) is 0 Å². The number of aromatic nitrogens is 4. The number of unbranched alkanes of at least 4 members (excludes halogenated alkanes) is 1. The molecule has 0 bridgehead atoms. The number of hydrogen-bond donors (Lipinski definition) is 1. The summed E-state index contributed by atoms with van der Waals surface area (Å²) in [6.07, 6.45) is 7.63. The van der Waals surface area contributed by atoms with Crippen LogP contribution in [0.15, 0.2) is 34.5 Å². The predicted octanol–water partition coefficient (Wildman–Crippen LogP) is 2.78. The highest BCUT2D eigenvalue weighted by molar-refractivity contribution is 7.99. The number of aromatic amines is 1. The summed E-state index contributed by atoms with van der Waals surface area (Å²) in [6, 6.07) is 4.01. The molecule has 0 spiro atoms. The van der Waals surface area contributed by atoms with Crippen molar-refractivity contribution in [2.75, 3.05) is 6.61 Å². The lowest BCUT2D eigenvalue weighted by Crippen LogP contribution is -2.23. The first-order chi connectivity index (χ1) is 11.3. The molecule has 2 atom stereocenters. The molecule has 1 N–H and O–H groups in total. The van der Waals surface area contributed by atoms with Crippen molar-refractivity contribution in [1.29, 1.82) is 0 Å². The van der Waals surface area contributed by atoms with Crippen molar-refractivity contribution in [3.8, 4) is 0 Å². The van der Waals surface area contributed by atoms with Crippen molar-refractivity contribution in [2.24, 2.45) is 0 Å². The minimum atomic E-state index is -0.112. The molecular weight excluding hydrogens is 312 g/mol. The molecule has 6 nitrogen and oxygen atoms in total. The third-order valence-corrected chi connectivity index (χ3v) is 5.33. The van der Waals surface area contributed by atoms with E-state index in [1.807, 2.05) is 12.1 Å². The maximum Gasteiger partial charge on any atom is 0.343 e. The minimum Gasteiger partial charge on any atom is -0.373 e. The van der Waals surface area contributed by atoms with Crippen LogP contribution < -0.4 is 5.69 Å². The fraction of sp³-hybridized carbons (Fsp3) is 0.562. The summed E-state index contributed by atoms with van der Waals surface area (Å²) in [5, 5.41) is 7.97. The molecule has 2 aromatic heterocycles. The monoisotopic (exact) mass is 334 g/mol. The van der Waals surface area contributed by atoms with Crippen LogP contribution in [-0.4, -0.2) is 31.6 Å². The third kappa shape index (κ3) is 4.03. The lowest BCUT2D eigenvalue weighted by molar-refractivity contribution is 0.0177. The van der Waals surface area contributed by atoms with Gasteiger partial charge < -0.3 is 4.74 Å². The van der Waals surface area contributed by atoms with Crippen LogP contribution in [0.25, 0.3) is 0 Å². The van der Waals surface area contributed by atoms with Crippen molar-refractivity contribution < 1.29 is 4.74 Å². The zero-order chi connectivity index (χ0) is 16.1. The summed E-state index contributed by atoms with van der Waals surface area (Å²) in [5.74, 6) is 0. The van der Waals surface area contributed by atoms with Gasteiger partial charge in [-0.2, -0.15) is 0 Å². The smallest absolute Gasteiger partial charge is 0.343 e. The number of rotatable bonds is 6. The van der Waals surface area contributed by atoms with E-state index in [2.05, 4.69) is 22.1 Å². The summed E-state index contributed by atoms with van der Waals surface area (Å²) >= 11 is 1.69. The lowest BCUT2D eigenvalue weighted by Gasteiger charge is -2.29. The lowest BCUT2D eigenvalue weighted by atomic mass is 10.0. The summed E-state index contributed by atoms with van der Waals surface area (Å²) < 4.78 is 7.65. The van der Waals surface area contributed by atoms with Crippen LogP contribution in [0.5, 0.6) is 0 Å². The SMILES string of the molecule is CCCCn1c(S[C@H]2CCO[C@H](c3ccncc3)C2)n[nH]c1=O. The molecule has 0 aliphatic carbocycles. The molecule has 23 heavy (non-hydrogen) atoms. The second-order valence-electron chi connectivity index (χ2n) is 5.72. The second-order valence-corrected chi connectivity index (χ2v) is 6.99. The van der Waals surface area contributed by atoms with Gasteiger partial charge in [0.15, 0.2) is 5.16 Å². The first-order valence-corrected chi connectivity index (χ1v) is 8.99. The van der Waals surface area contributed by atoms with Gasteiger partial charge in [-0.1, -0.05) is 25.1 Å². The van der Waals surface area contributed by atoms with Crippen LogP contribution in [-0.2, 0) is 11.3 Å². The Morgan fingerprint density at radius 2 is 2.26 bits per heavy atom. The van der Waals surface area contributed by atoms with Crippen LogP contribution >= 0.6 is 11.8 Å². The largest absolute Gasteiger partial charge is 0.373 e. The van der Waals surface area contributed by atoms with Gasteiger partial charge in [-0.3, -0.25) is 9.55 Å². The molecule has 0 unspecified atom stereocenters. The summed E-state index contributed by atoms with van der Waals surface area (Å²) in [7, 11) is 0. The molecule has 3 rings (SSSR count). The molecule has 0 saturated carbocycles. The van der Waals surface area contributed by atoms with Gasteiger partial charge >= 0.3 is 5.69 Å². The van der Waals surface area contributed by atoms with Crippen LogP contribution in [0.1, 0.15) is 44.3 Å². The average molecular weight is 334 g/mol. The summed E-state index contributed by atoms with van der Waals surface area (Å²) in [6.45, 7) is 3.58. The molecule has 1 fully saturated rings. The van der Waals surface area contributed by atoms with E-state index in [0.29, 0.717) is 5.25 Å². The van der Waals surface area contributed by atoms with Crippen LogP contribution in [0.2, 0.25) is 0 Å². The van der Waals surface area contributed by atoms with Crippen LogP contribution in [0.4, 0.5) is 0 Å². The Kier molecular flexibility index (Phi) is 5.51. The molecule has 3 heterocycles. The Bertz CT molecular complexity index is 670. The quantitative estimate of drug-likeness (QED) is 0.879. The van der Waals surface area contributed by atoms with E-state index < -0.39 is 0 Å². The fourth-order valence-corrected chi connectivity index (χ4v) is 3.92. The highest BCUT2D eigenvalue weighted by Crippen LogP contribution is 2.36. The Balaban J connectivity index is 1.67. The molecule has 1 aliphatic heterocycles. The van der Waals surface area contributed by atoms with Crippen LogP contribution in [0.3, 0.4) is 0 Å². The van der Waals surface area contributed by atoms with Crippen molar-refractivity contribution >= 4 is 11.8 Å². The van der Waals surface area contributed by atoms with Gasteiger partial charge in [-0.15, -0.1) is 5.10 Å². The first kappa shape index (κ1) is 16.3. The van der Waals surface area contributed by atoms with E-state index in [1.54, 1.807) is 28.7 Å². The van der Waals surface area contributed by atoms with E-state index in [-0.39, 0.29) is 11.8 Å². The molecule has 0 radical (unpaired) electrons. The van der Waals surface area contributed by atoms with E-state index in [4.69, 9.17) is 4.74 Å². The molecule has 0 aromatic carbocycles. The topological polar surface area (TPSA) is 72.8 Å². The Morgan fingerprint density at radius 1 is 1.43 bits per heavy atom. The summed E-state index contributed by atoms with van der Waals surface area (Å²) in [4.78, 5) is 15.9. The molecular formula is C16H22N4O2S. The molecule has 7 heteroatoms. The molecule has 2 aromatic rings. The van der Waals surface area contributed by atoms with Gasteiger partial charge in [0.2, 0.25) is 0 Å². The number of nitrogens with one attached hydrogen (secondary N) is 1. The van der Waals surface area contributed by atoms with E-state index in [9.17, 15) is 4.79 Å². The second kappa shape index (κ2) is 7.79. The van der Waals surface area contributed by atoms with Gasteiger partial charge in [0.1, 0.15) is 0 Å². The van der Waals surface area contributed by atoms with Gasteiger partial charge in [-0.25, -0.2) is 9.89 Å². The Morgan fingerprint density at radius 3 is 3.04 bits per heavy atom. The third-order valence-electron chi connectivity index (χ3n) is 4.04. The van der Waals surface area contributed by atoms with Crippen molar-refractivity contribution in [2.45, 2.75) is 55.7 Å². The Hall–Kier alpha value is -1.60. The molecule has 1 aliphatic rings. The van der Waals surface area contributed by atoms with E-state index in [1.165, 1.54) is 0 Å². The molecule has 124 valence electrons. The van der Waals surface area contributed by atoms with Gasteiger partial charge in [-0.05, 0) is 37.0 Å². The van der Waals surface area contributed by atoms with Crippen molar-refractivity contribution in [3.63, 3.8) is 0 Å². The maximum absolute atomic E-state index is 11.9. The zero-order valence-corrected chi connectivity index (χ0v) is 14.1. The highest BCUT2D eigenvalue weighted by atomic mass is 32.2. The van der Waals surface area contributed by atoms with E-state index in [0.717, 1.165) is 49.6 Å². The normalized spacial score (nSPS) is 21.4. The highest BCUT2D eigenvalue weighted by Gasteiger charge is 2.26. The summed E-state index contributed by atoms with van der Waals surface area (Å²) in [5.41, 5.74) is 1.05.